The van der Waals surface area contributed by atoms with Crippen molar-refractivity contribution in [2.24, 2.45) is 11.3 Å². The Balaban J connectivity index is 2.05. The largest absolute Gasteiger partial charge is 0.374 e. The lowest BCUT2D eigenvalue weighted by Gasteiger charge is -2.38. The van der Waals surface area contributed by atoms with Gasteiger partial charge in [-0.15, -0.1) is 0 Å². The summed E-state index contributed by atoms with van der Waals surface area (Å²) in [4.78, 5) is 13.8. The Bertz CT molecular complexity index is 415. The molecule has 0 aromatic heterocycles. The molecule has 2 heteroatoms. The smallest absolute Gasteiger partial charge is 0.127 e. The first-order chi connectivity index (χ1) is 9.04. The molecule has 1 fully saturated rings. The van der Waals surface area contributed by atoms with Gasteiger partial charge in [0.1, 0.15) is 6.29 Å². The molecule has 0 atom stereocenters. The van der Waals surface area contributed by atoms with Crippen LogP contribution in [0.2, 0.25) is 0 Å². The van der Waals surface area contributed by atoms with Crippen LogP contribution < -0.4 is 4.90 Å². The molecule has 2 nitrogen and oxygen atoms in total. The van der Waals surface area contributed by atoms with E-state index in [0.717, 1.165) is 25.3 Å². The molecule has 0 N–H and O–H groups in total. The first-order valence-corrected chi connectivity index (χ1v) is 7.29. The number of nitrogens with zero attached hydrogens (tertiary/aromatic N) is 1. The summed E-state index contributed by atoms with van der Waals surface area (Å²) in [7, 11) is 2.09. The van der Waals surface area contributed by atoms with Crippen LogP contribution in [0.4, 0.5) is 5.69 Å². The van der Waals surface area contributed by atoms with Gasteiger partial charge in [-0.25, -0.2) is 0 Å². The Morgan fingerprint density at radius 2 is 1.84 bits per heavy atom. The molecular weight excluding hydrogens is 234 g/mol. The number of rotatable bonds is 4. The maximum absolute atomic E-state index is 11.6. The van der Waals surface area contributed by atoms with Crippen LogP contribution in [0.3, 0.4) is 0 Å². The van der Waals surface area contributed by atoms with Gasteiger partial charge in [0.25, 0.3) is 0 Å². The van der Waals surface area contributed by atoms with E-state index >= 15 is 0 Å². The number of hydrogen-bond acceptors (Lipinski definition) is 2. The topological polar surface area (TPSA) is 20.3 Å². The second kappa shape index (κ2) is 5.77. The van der Waals surface area contributed by atoms with Gasteiger partial charge in [0.05, 0.1) is 0 Å². The Labute approximate surface area is 116 Å². The normalized spacial score (nSPS) is 27.0. The van der Waals surface area contributed by atoms with Crippen molar-refractivity contribution in [3.05, 3.63) is 29.8 Å². The average molecular weight is 259 g/mol. The zero-order valence-electron chi connectivity index (χ0n) is 12.4. The van der Waals surface area contributed by atoms with Gasteiger partial charge in [0.2, 0.25) is 0 Å². The van der Waals surface area contributed by atoms with Crippen molar-refractivity contribution in [1.82, 2.24) is 0 Å². The van der Waals surface area contributed by atoms with E-state index in [1.54, 1.807) is 0 Å². The first kappa shape index (κ1) is 14.1. The third-order valence-corrected chi connectivity index (χ3v) is 4.55. The molecule has 0 radical (unpaired) electrons. The number of benzene rings is 1. The fourth-order valence-corrected chi connectivity index (χ4v) is 3.01. The second-order valence-corrected chi connectivity index (χ2v) is 6.35. The van der Waals surface area contributed by atoms with E-state index in [1.807, 2.05) is 0 Å². The predicted octanol–water partition coefficient (Wildman–Crippen LogP) is 3.83. The molecule has 0 bridgehead atoms. The molecule has 104 valence electrons. The Kier molecular flexibility index (Phi) is 4.28. The minimum absolute atomic E-state index is 0.133. The molecule has 0 amide bonds. The predicted molar refractivity (Wildman–Crippen MR) is 80.6 cm³/mol. The molecule has 1 aliphatic rings. The summed E-state index contributed by atoms with van der Waals surface area (Å²) >= 11 is 0. The molecular formula is C17H25NO. The lowest BCUT2D eigenvalue weighted by atomic mass is 9.71. The van der Waals surface area contributed by atoms with Gasteiger partial charge in [-0.05, 0) is 50.7 Å². The minimum Gasteiger partial charge on any atom is -0.374 e. The molecule has 1 aromatic carbocycles. The van der Waals surface area contributed by atoms with Crippen molar-refractivity contribution >= 4 is 12.0 Å². The second-order valence-electron chi connectivity index (χ2n) is 6.35. The lowest BCUT2D eigenvalue weighted by molar-refractivity contribution is -0.117. The summed E-state index contributed by atoms with van der Waals surface area (Å²) in [6.45, 7) is 5.23. The minimum atomic E-state index is -0.133. The Morgan fingerprint density at radius 3 is 2.37 bits per heavy atom. The number of aryl methyl sites for hydroxylation is 1. The van der Waals surface area contributed by atoms with Gasteiger partial charge < -0.3 is 9.69 Å². The fourth-order valence-electron chi connectivity index (χ4n) is 3.01. The zero-order valence-corrected chi connectivity index (χ0v) is 12.4. The van der Waals surface area contributed by atoms with Crippen LogP contribution >= 0.6 is 0 Å². The molecule has 1 saturated carbocycles. The average Bonchev–Trinajstić information content (AvgIpc) is 2.42. The zero-order chi connectivity index (χ0) is 13.9. The molecule has 19 heavy (non-hydrogen) atoms. The molecule has 1 aliphatic carbocycles. The molecule has 0 heterocycles. The summed E-state index contributed by atoms with van der Waals surface area (Å²) in [5, 5.41) is 0. The monoisotopic (exact) mass is 259 g/mol. The Morgan fingerprint density at radius 1 is 1.26 bits per heavy atom. The van der Waals surface area contributed by atoms with Gasteiger partial charge in [0, 0.05) is 24.7 Å². The Hall–Kier alpha value is -1.31. The van der Waals surface area contributed by atoms with Crippen molar-refractivity contribution in [2.75, 3.05) is 18.5 Å². The van der Waals surface area contributed by atoms with Crippen molar-refractivity contribution in [2.45, 2.75) is 39.5 Å². The van der Waals surface area contributed by atoms with Gasteiger partial charge in [-0.1, -0.05) is 24.6 Å². The third kappa shape index (κ3) is 3.37. The number of anilines is 1. The lowest BCUT2D eigenvalue weighted by Crippen LogP contribution is -2.39. The highest BCUT2D eigenvalue weighted by Gasteiger charge is 2.35. The van der Waals surface area contributed by atoms with Gasteiger partial charge in [-0.3, -0.25) is 0 Å². The van der Waals surface area contributed by atoms with Gasteiger partial charge in [0.15, 0.2) is 0 Å². The van der Waals surface area contributed by atoms with E-state index < -0.39 is 0 Å². The maximum atomic E-state index is 11.6. The standard InChI is InChI=1S/C17H25NO/c1-14-4-6-16(7-5-14)18(3)12-17(13-19)10-8-15(2)9-11-17/h4-7,13,15H,8-12H2,1-3H3. The van der Waals surface area contributed by atoms with Crippen LogP contribution in [-0.4, -0.2) is 19.9 Å². The van der Waals surface area contributed by atoms with E-state index in [9.17, 15) is 4.79 Å². The van der Waals surface area contributed by atoms with Crippen LogP contribution in [0.25, 0.3) is 0 Å². The molecule has 0 spiro atoms. The summed E-state index contributed by atoms with van der Waals surface area (Å²) < 4.78 is 0. The SMILES string of the molecule is Cc1ccc(N(C)CC2(C=O)CCC(C)CC2)cc1. The van der Waals surface area contributed by atoms with Crippen molar-refractivity contribution < 1.29 is 4.79 Å². The molecule has 0 unspecified atom stereocenters. The number of carbonyl (C=O) groups is 1. The van der Waals surface area contributed by atoms with Crippen molar-refractivity contribution in [1.29, 1.82) is 0 Å². The molecule has 0 saturated heterocycles. The third-order valence-electron chi connectivity index (χ3n) is 4.55. The maximum Gasteiger partial charge on any atom is 0.127 e. The van der Waals surface area contributed by atoms with E-state index in [1.165, 1.54) is 30.4 Å². The van der Waals surface area contributed by atoms with Gasteiger partial charge >= 0.3 is 0 Å². The number of carbonyl (C=O) groups excluding carboxylic acids is 1. The fraction of sp³-hybridized carbons (Fsp3) is 0.588. The number of hydrogen-bond donors (Lipinski definition) is 0. The summed E-state index contributed by atoms with van der Waals surface area (Å²) in [6, 6.07) is 8.53. The van der Waals surface area contributed by atoms with Crippen molar-refractivity contribution in [3.8, 4) is 0 Å². The highest BCUT2D eigenvalue weighted by molar-refractivity contribution is 5.62. The molecule has 0 aliphatic heterocycles. The summed E-state index contributed by atoms with van der Waals surface area (Å²) in [5.41, 5.74) is 2.34. The highest BCUT2D eigenvalue weighted by Crippen LogP contribution is 2.38. The summed E-state index contributed by atoms with van der Waals surface area (Å²) in [5.74, 6) is 0.776. The van der Waals surface area contributed by atoms with Crippen LogP contribution in [0, 0.1) is 18.3 Å². The van der Waals surface area contributed by atoms with Crippen LogP contribution in [0.5, 0.6) is 0 Å². The van der Waals surface area contributed by atoms with E-state index in [0.29, 0.717) is 0 Å². The van der Waals surface area contributed by atoms with E-state index in [2.05, 4.69) is 50.1 Å². The quantitative estimate of drug-likeness (QED) is 0.766. The molecule has 1 aromatic rings. The van der Waals surface area contributed by atoms with Crippen molar-refractivity contribution in [3.63, 3.8) is 0 Å². The number of aldehydes is 1. The van der Waals surface area contributed by atoms with Gasteiger partial charge in [-0.2, -0.15) is 0 Å². The van der Waals surface area contributed by atoms with E-state index in [4.69, 9.17) is 0 Å². The van der Waals surface area contributed by atoms with Crippen LogP contribution in [0.15, 0.2) is 24.3 Å². The highest BCUT2D eigenvalue weighted by atomic mass is 16.1. The van der Waals surface area contributed by atoms with Crippen LogP contribution in [-0.2, 0) is 4.79 Å². The molecule has 2 rings (SSSR count). The first-order valence-electron chi connectivity index (χ1n) is 7.29. The van der Waals surface area contributed by atoms with E-state index in [-0.39, 0.29) is 5.41 Å². The summed E-state index contributed by atoms with van der Waals surface area (Å²) in [6.07, 6.45) is 5.65. The van der Waals surface area contributed by atoms with Crippen LogP contribution in [0.1, 0.15) is 38.2 Å².